The van der Waals surface area contributed by atoms with Crippen LogP contribution in [-0.4, -0.2) is 49.1 Å². The molecule has 0 spiro atoms. The van der Waals surface area contributed by atoms with Gasteiger partial charge in [-0.3, -0.25) is 9.59 Å². The number of ether oxygens (including phenoxy) is 2. The number of imide groups is 1. The predicted molar refractivity (Wildman–Crippen MR) is 110 cm³/mol. The zero-order valence-corrected chi connectivity index (χ0v) is 17.4. The van der Waals surface area contributed by atoms with Crippen LogP contribution in [0.4, 0.5) is 14.5 Å². The Morgan fingerprint density at radius 1 is 0.968 bits per heavy atom. The van der Waals surface area contributed by atoms with Crippen LogP contribution in [0.15, 0.2) is 48.2 Å². The van der Waals surface area contributed by atoms with Crippen molar-refractivity contribution in [1.82, 2.24) is 4.90 Å². The molecule has 2 heterocycles. The number of halogens is 2. The van der Waals surface area contributed by atoms with Crippen LogP contribution < -0.4 is 9.64 Å². The van der Waals surface area contributed by atoms with Gasteiger partial charge in [-0.1, -0.05) is 12.1 Å². The maximum absolute atomic E-state index is 14.5. The van der Waals surface area contributed by atoms with Crippen molar-refractivity contribution in [3.8, 4) is 5.75 Å². The number of morpholine rings is 1. The van der Waals surface area contributed by atoms with Crippen molar-refractivity contribution in [1.29, 1.82) is 0 Å². The number of nitrogens with zero attached hydrogens (tertiary/aromatic N) is 2. The van der Waals surface area contributed by atoms with Crippen molar-refractivity contribution in [3.05, 3.63) is 65.4 Å². The Balaban J connectivity index is 1.85. The molecule has 162 valence electrons. The molecule has 0 N–H and O–H groups in total. The van der Waals surface area contributed by atoms with E-state index in [9.17, 15) is 18.4 Å². The van der Waals surface area contributed by atoms with Crippen molar-refractivity contribution in [2.75, 3.05) is 25.1 Å². The molecule has 1 saturated heterocycles. The maximum Gasteiger partial charge on any atom is 0.282 e. The molecule has 0 aliphatic carbocycles. The largest absolute Gasteiger partial charge is 0.497 e. The number of hydrogen-bond acceptors (Lipinski definition) is 5. The Labute approximate surface area is 178 Å². The molecule has 0 aromatic heterocycles. The lowest BCUT2D eigenvalue weighted by atomic mass is 10.0. The van der Waals surface area contributed by atoms with Crippen molar-refractivity contribution in [2.45, 2.75) is 26.1 Å². The molecular formula is C23H22F2N2O4. The smallest absolute Gasteiger partial charge is 0.282 e. The van der Waals surface area contributed by atoms with Crippen LogP contribution in [-0.2, 0) is 14.3 Å². The van der Waals surface area contributed by atoms with E-state index in [4.69, 9.17) is 9.47 Å². The van der Waals surface area contributed by atoms with Gasteiger partial charge in [-0.2, -0.15) is 0 Å². The molecule has 2 amide bonds. The molecule has 2 aliphatic rings. The highest BCUT2D eigenvalue weighted by Crippen LogP contribution is 2.37. The minimum absolute atomic E-state index is 0.137. The van der Waals surface area contributed by atoms with Gasteiger partial charge in [-0.25, -0.2) is 13.7 Å². The van der Waals surface area contributed by atoms with E-state index in [2.05, 4.69) is 0 Å². The summed E-state index contributed by atoms with van der Waals surface area (Å²) in [7, 11) is 1.52. The highest BCUT2D eigenvalue weighted by Gasteiger charge is 2.44. The Bertz CT molecular complexity index is 1060. The second kappa shape index (κ2) is 8.11. The topological polar surface area (TPSA) is 59.1 Å². The summed E-state index contributed by atoms with van der Waals surface area (Å²) >= 11 is 0. The van der Waals surface area contributed by atoms with Gasteiger partial charge in [0.05, 0.1) is 30.6 Å². The average molecular weight is 428 g/mol. The number of hydrogen-bond donors (Lipinski definition) is 0. The van der Waals surface area contributed by atoms with Gasteiger partial charge in [0.15, 0.2) is 0 Å². The van der Waals surface area contributed by atoms with Gasteiger partial charge in [0.2, 0.25) is 0 Å². The summed E-state index contributed by atoms with van der Waals surface area (Å²) in [5.41, 5.74) is 0.365. The van der Waals surface area contributed by atoms with E-state index in [1.54, 1.807) is 29.2 Å². The third kappa shape index (κ3) is 3.79. The van der Waals surface area contributed by atoms with Crippen LogP contribution >= 0.6 is 0 Å². The SMILES string of the molecule is COc1ccc(C2=C(N3CC(C)OC(C)C3)C(=O)N(c3cc(F)ccc3F)C2=O)cc1. The van der Waals surface area contributed by atoms with Crippen molar-refractivity contribution < 1.29 is 27.8 Å². The van der Waals surface area contributed by atoms with Crippen LogP contribution in [0.5, 0.6) is 5.75 Å². The van der Waals surface area contributed by atoms with Gasteiger partial charge < -0.3 is 14.4 Å². The summed E-state index contributed by atoms with van der Waals surface area (Å²) in [6.45, 7) is 4.53. The van der Waals surface area contributed by atoms with Gasteiger partial charge in [-0.05, 0) is 43.7 Å². The van der Waals surface area contributed by atoms with Crippen LogP contribution in [0, 0.1) is 11.6 Å². The van der Waals surface area contributed by atoms with Crippen molar-refractivity contribution >= 4 is 23.1 Å². The molecule has 2 atom stereocenters. The van der Waals surface area contributed by atoms with Crippen molar-refractivity contribution in [2.24, 2.45) is 0 Å². The molecule has 6 nitrogen and oxygen atoms in total. The minimum atomic E-state index is -0.859. The summed E-state index contributed by atoms with van der Waals surface area (Å²) in [5, 5.41) is 0. The standard InChI is InChI=1S/C23H22F2N2O4/c1-13-11-26(12-14(2)31-13)21-20(15-4-7-17(30-3)8-5-15)22(28)27(23(21)29)19-10-16(24)6-9-18(19)25/h4-10,13-14H,11-12H2,1-3H3. The second-order valence-corrected chi connectivity index (χ2v) is 7.66. The van der Waals surface area contributed by atoms with E-state index < -0.39 is 29.1 Å². The van der Waals surface area contributed by atoms with E-state index in [1.165, 1.54) is 7.11 Å². The Morgan fingerprint density at radius 2 is 1.61 bits per heavy atom. The lowest BCUT2D eigenvalue weighted by Crippen LogP contribution is -2.47. The summed E-state index contributed by atoms with van der Waals surface area (Å²) in [6, 6.07) is 9.37. The maximum atomic E-state index is 14.5. The van der Waals surface area contributed by atoms with Crippen LogP contribution in [0.25, 0.3) is 5.57 Å². The van der Waals surface area contributed by atoms with Gasteiger partial charge in [0.1, 0.15) is 23.1 Å². The number of carbonyl (C=O) groups excluding carboxylic acids is 2. The Morgan fingerprint density at radius 3 is 2.23 bits per heavy atom. The van der Waals surface area contributed by atoms with Crippen LogP contribution in [0.3, 0.4) is 0 Å². The van der Waals surface area contributed by atoms with Gasteiger partial charge in [0.25, 0.3) is 11.8 Å². The summed E-state index contributed by atoms with van der Waals surface area (Å²) < 4.78 is 39.3. The van der Waals surface area contributed by atoms with E-state index >= 15 is 0 Å². The van der Waals surface area contributed by atoms with Crippen LogP contribution in [0.2, 0.25) is 0 Å². The minimum Gasteiger partial charge on any atom is -0.497 e. The molecular weight excluding hydrogens is 406 g/mol. The molecule has 31 heavy (non-hydrogen) atoms. The first-order valence-electron chi connectivity index (χ1n) is 9.93. The number of anilines is 1. The fraction of sp³-hybridized carbons (Fsp3) is 0.304. The fourth-order valence-electron chi connectivity index (χ4n) is 4.07. The molecule has 0 radical (unpaired) electrons. The van der Waals surface area contributed by atoms with E-state index in [0.717, 1.165) is 18.2 Å². The molecule has 8 heteroatoms. The summed E-state index contributed by atoms with van der Waals surface area (Å²) in [6.07, 6.45) is -0.340. The van der Waals surface area contributed by atoms with Crippen LogP contribution in [0.1, 0.15) is 19.4 Å². The summed E-state index contributed by atoms with van der Waals surface area (Å²) in [4.78, 5) is 29.4. The second-order valence-electron chi connectivity index (χ2n) is 7.66. The van der Waals surface area contributed by atoms with Gasteiger partial charge in [-0.15, -0.1) is 0 Å². The third-order valence-electron chi connectivity index (χ3n) is 5.32. The average Bonchev–Trinajstić information content (AvgIpc) is 2.99. The van der Waals surface area contributed by atoms with E-state index in [-0.39, 0.29) is 23.5 Å². The molecule has 1 fully saturated rings. The van der Waals surface area contributed by atoms with E-state index in [0.29, 0.717) is 29.3 Å². The molecule has 0 bridgehead atoms. The van der Waals surface area contributed by atoms with Gasteiger partial charge in [0, 0.05) is 19.2 Å². The highest BCUT2D eigenvalue weighted by molar-refractivity contribution is 6.45. The number of methoxy groups -OCH3 is 1. The zero-order valence-electron chi connectivity index (χ0n) is 17.4. The first-order valence-corrected chi connectivity index (χ1v) is 9.93. The van der Waals surface area contributed by atoms with Crippen molar-refractivity contribution in [3.63, 3.8) is 0 Å². The summed E-state index contributed by atoms with van der Waals surface area (Å²) in [5.74, 6) is -2.42. The monoisotopic (exact) mass is 428 g/mol. The number of amides is 2. The molecule has 2 aromatic carbocycles. The lowest BCUT2D eigenvalue weighted by molar-refractivity contribution is -0.121. The number of carbonyl (C=O) groups is 2. The Kier molecular flexibility index (Phi) is 5.49. The first kappa shape index (κ1) is 21.0. The number of benzene rings is 2. The molecule has 4 rings (SSSR count). The third-order valence-corrected chi connectivity index (χ3v) is 5.32. The predicted octanol–water partition coefficient (Wildman–Crippen LogP) is 3.37. The molecule has 2 unspecified atom stereocenters. The normalized spacial score (nSPS) is 21.8. The zero-order chi connectivity index (χ0) is 22.3. The van der Waals surface area contributed by atoms with Gasteiger partial charge >= 0.3 is 0 Å². The highest BCUT2D eigenvalue weighted by atomic mass is 19.1. The Hall–Kier alpha value is -3.26. The van der Waals surface area contributed by atoms with E-state index in [1.807, 2.05) is 13.8 Å². The quantitative estimate of drug-likeness (QED) is 0.699. The first-order chi connectivity index (χ1) is 14.8. The fourth-order valence-corrected chi connectivity index (χ4v) is 4.07. The molecule has 2 aliphatic heterocycles. The molecule has 0 saturated carbocycles. The lowest BCUT2D eigenvalue weighted by Gasteiger charge is -2.37. The number of rotatable bonds is 4. The molecule has 2 aromatic rings.